The molecule has 0 aliphatic heterocycles. The Morgan fingerprint density at radius 3 is 1.45 bits per heavy atom. The summed E-state index contributed by atoms with van der Waals surface area (Å²) < 4.78 is 0. The van der Waals surface area contributed by atoms with E-state index in [1.54, 1.807) is 13.8 Å². The standard InChI is InChI=1S/C37H57N7O5/c1-23(2)19-28(39)33(45)44-32(25(5)6)37(49)43-31(22-27-15-11-8-12-16-27)36(48)42-30(21-26-13-9-7-10-14-26)35(47)41-29(20-24(3)4)34(46)40-18-17-38/h7-16,23-25,28-32H,17-22,38-39H2,1-6H3,(H,40,46)(H,41,47)(H,42,48)(H,43,49)(H,44,45)/t28-,29-,30-,31-,32-/m0/s1. The van der Waals surface area contributed by atoms with Crippen molar-refractivity contribution in [2.45, 2.75) is 97.4 Å². The minimum Gasteiger partial charge on any atom is -0.353 e. The highest BCUT2D eigenvalue weighted by Crippen LogP contribution is 2.11. The molecule has 9 N–H and O–H groups in total. The Bertz CT molecular complexity index is 1340. The van der Waals surface area contributed by atoms with Crippen molar-refractivity contribution in [2.24, 2.45) is 29.2 Å². The van der Waals surface area contributed by atoms with Gasteiger partial charge < -0.3 is 38.1 Å². The molecule has 0 saturated carbocycles. The molecule has 2 rings (SSSR count). The zero-order valence-corrected chi connectivity index (χ0v) is 29.8. The number of rotatable bonds is 20. The first-order valence-corrected chi connectivity index (χ1v) is 17.2. The van der Waals surface area contributed by atoms with Gasteiger partial charge in [0.2, 0.25) is 29.5 Å². The van der Waals surface area contributed by atoms with Crippen LogP contribution in [-0.2, 0) is 36.8 Å². The van der Waals surface area contributed by atoms with Crippen LogP contribution in [0.1, 0.15) is 65.5 Å². The van der Waals surface area contributed by atoms with Gasteiger partial charge in [-0.25, -0.2) is 0 Å². The van der Waals surface area contributed by atoms with Crippen LogP contribution in [0.15, 0.2) is 60.7 Å². The van der Waals surface area contributed by atoms with Crippen molar-refractivity contribution in [3.8, 4) is 0 Å². The molecular formula is C37H57N7O5. The second-order valence-electron chi connectivity index (χ2n) is 13.7. The van der Waals surface area contributed by atoms with E-state index in [9.17, 15) is 24.0 Å². The van der Waals surface area contributed by atoms with Crippen molar-refractivity contribution in [3.63, 3.8) is 0 Å². The Kier molecular flexibility index (Phi) is 17.5. The molecule has 2 aromatic rings. The molecule has 0 saturated heterocycles. The molecular weight excluding hydrogens is 622 g/mol. The Morgan fingerprint density at radius 2 is 1.02 bits per heavy atom. The lowest BCUT2D eigenvalue weighted by Gasteiger charge is -2.28. The summed E-state index contributed by atoms with van der Waals surface area (Å²) in [5, 5.41) is 14.0. The van der Waals surface area contributed by atoms with Gasteiger partial charge in [0.15, 0.2) is 0 Å². The fraction of sp³-hybridized carbons (Fsp3) is 0.541. The molecule has 5 atom stereocenters. The summed E-state index contributed by atoms with van der Waals surface area (Å²) in [7, 11) is 0. The van der Waals surface area contributed by atoms with Crippen LogP contribution in [0.4, 0.5) is 0 Å². The van der Waals surface area contributed by atoms with Gasteiger partial charge in [-0.1, -0.05) is 102 Å². The highest BCUT2D eigenvalue weighted by Gasteiger charge is 2.33. The smallest absolute Gasteiger partial charge is 0.243 e. The fourth-order valence-electron chi connectivity index (χ4n) is 5.36. The lowest BCUT2D eigenvalue weighted by atomic mass is 9.98. The minimum absolute atomic E-state index is 0.0934. The molecule has 0 radical (unpaired) electrons. The van der Waals surface area contributed by atoms with Gasteiger partial charge in [-0.15, -0.1) is 0 Å². The lowest BCUT2D eigenvalue weighted by molar-refractivity contribution is -0.135. The number of benzene rings is 2. The first kappa shape index (κ1) is 40.9. The van der Waals surface area contributed by atoms with E-state index < -0.39 is 53.8 Å². The quantitative estimate of drug-likeness (QED) is 0.110. The second-order valence-corrected chi connectivity index (χ2v) is 13.7. The van der Waals surface area contributed by atoms with Crippen molar-refractivity contribution >= 4 is 29.5 Å². The van der Waals surface area contributed by atoms with E-state index in [1.807, 2.05) is 88.4 Å². The number of hydrogen-bond donors (Lipinski definition) is 7. The van der Waals surface area contributed by atoms with Crippen molar-refractivity contribution < 1.29 is 24.0 Å². The second kappa shape index (κ2) is 20.9. The fourth-order valence-corrected chi connectivity index (χ4v) is 5.36. The average Bonchev–Trinajstić information content (AvgIpc) is 3.05. The molecule has 0 aromatic heterocycles. The Labute approximate surface area is 291 Å². The molecule has 0 aliphatic carbocycles. The minimum atomic E-state index is -1.09. The van der Waals surface area contributed by atoms with Gasteiger partial charge >= 0.3 is 0 Å². The molecule has 270 valence electrons. The van der Waals surface area contributed by atoms with Crippen molar-refractivity contribution in [2.75, 3.05) is 13.1 Å². The van der Waals surface area contributed by atoms with Crippen LogP contribution >= 0.6 is 0 Å². The zero-order chi connectivity index (χ0) is 36.5. The summed E-state index contributed by atoms with van der Waals surface area (Å²) in [5.41, 5.74) is 13.2. The van der Waals surface area contributed by atoms with E-state index in [2.05, 4.69) is 26.6 Å². The van der Waals surface area contributed by atoms with Gasteiger partial charge in [-0.05, 0) is 41.7 Å². The van der Waals surface area contributed by atoms with Gasteiger partial charge in [0.05, 0.1) is 6.04 Å². The Balaban J connectivity index is 2.38. The zero-order valence-electron chi connectivity index (χ0n) is 29.8. The van der Waals surface area contributed by atoms with Crippen LogP contribution in [0.3, 0.4) is 0 Å². The molecule has 0 unspecified atom stereocenters. The molecule has 0 bridgehead atoms. The number of nitrogens with one attached hydrogen (secondary N) is 5. The molecule has 5 amide bonds. The molecule has 0 aliphatic rings. The first-order valence-electron chi connectivity index (χ1n) is 17.2. The Morgan fingerprint density at radius 1 is 0.571 bits per heavy atom. The summed E-state index contributed by atoms with van der Waals surface area (Å²) >= 11 is 0. The van der Waals surface area contributed by atoms with Gasteiger partial charge in [0, 0.05) is 25.9 Å². The predicted octanol–water partition coefficient (Wildman–Crippen LogP) is 1.56. The van der Waals surface area contributed by atoms with E-state index in [-0.39, 0.29) is 49.6 Å². The van der Waals surface area contributed by atoms with Gasteiger partial charge in [-0.2, -0.15) is 0 Å². The van der Waals surface area contributed by atoms with Crippen LogP contribution in [-0.4, -0.2) is 72.8 Å². The number of carbonyl (C=O) groups is 5. The maximum Gasteiger partial charge on any atom is 0.243 e. The van der Waals surface area contributed by atoms with Crippen LogP contribution < -0.4 is 38.1 Å². The van der Waals surface area contributed by atoms with E-state index in [0.717, 1.165) is 11.1 Å². The van der Waals surface area contributed by atoms with Crippen molar-refractivity contribution in [1.29, 1.82) is 0 Å². The Hall–Kier alpha value is -4.29. The normalized spacial score (nSPS) is 14.3. The van der Waals surface area contributed by atoms with E-state index in [0.29, 0.717) is 12.8 Å². The van der Waals surface area contributed by atoms with Gasteiger partial charge in [0.1, 0.15) is 24.2 Å². The van der Waals surface area contributed by atoms with E-state index >= 15 is 0 Å². The first-order chi connectivity index (χ1) is 23.2. The van der Waals surface area contributed by atoms with Crippen LogP contribution in [0.25, 0.3) is 0 Å². The highest BCUT2D eigenvalue weighted by atomic mass is 16.2. The van der Waals surface area contributed by atoms with E-state index in [1.165, 1.54) is 0 Å². The number of hydrogen-bond acceptors (Lipinski definition) is 7. The molecule has 0 fully saturated rings. The van der Waals surface area contributed by atoms with E-state index in [4.69, 9.17) is 11.5 Å². The maximum absolute atomic E-state index is 14.1. The van der Waals surface area contributed by atoms with Crippen molar-refractivity contribution in [1.82, 2.24) is 26.6 Å². The summed E-state index contributed by atoms with van der Waals surface area (Å²) in [4.78, 5) is 67.4. The lowest BCUT2D eigenvalue weighted by Crippen LogP contribution is -2.60. The summed E-state index contributed by atoms with van der Waals surface area (Å²) in [6.45, 7) is 11.9. The van der Waals surface area contributed by atoms with Crippen LogP contribution in [0.2, 0.25) is 0 Å². The molecule has 2 aromatic carbocycles. The molecule has 0 heterocycles. The number of amides is 5. The molecule has 12 heteroatoms. The monoisotopic (exact) mass is 679 g/mol. The van der Waals surface area contributed by atoms with Gasteiger partial charge in [-0.3, -0.25) is 24.0 Å². The third-order valence-corrected chi connectivity index (χ3v) is 7.92. The molecule has 49 heavy (non-hydrogen) atoms. The summed E-state index contributed by atoms with van der Waals surface area (Å²) in [5.74, 6) is -2.51. The predicted molar refractivity (Wildman–Crippen MR) is 192 cm³/mol. The van der Waals surface area contributed by atoms with Crippen molar-refractivity contribution in [3.05, 3.63) is 71.8 Å². The molecule has 12 nitrogen and oxygen atoms in total. The summed E-state index contributed by atoms with van der Waals surface area (Å²) in [6, 6.07) is 13.6. The van der Waals surface area contributed by atoms with Crippen LogP contribution in [0.5, 0.6) is 0 Å². The SMILES string of the molecule is CC(C)C[C@H](NC(=O)[C@H](Cc1ccccc1)NC(=O)[C@H](Cc1ccccc1)NC(=O)[C@@H](NC(=O)[C@@H](N)CC(C)C)C(C)C)C(=O)NCCN. The largest absolute Gasteiger partial charge is 0.353 e. The topological polar surface area (TPSA) is 198 Å². The van der Waals surface area contributed by atoms with Gasteiger partial charge in [0.25, 0.3) is 0 Å². The third kappa shape index (κ3) is 14.8. The molecule has 0 spiro atoms. The van der Waals surface area contributed by atoms with Crippen LogP contribution in [0, 0.1) is 17.8 Å². The highest BCUT2D eigenvalue weighted by molar-refractivity contribution is 5.96. The average molecular weight is 680 g/mol. The maximum atomic E-state index is 14.1. The third-order valence-electron chi connectivity index (χ3n) is 7.92. The number of carbonyl (C=O) groups excluding carboxylic acids is 5. The summed E-state index contributed by atoms with van der Waals surface area (Å²) in [6.07, 6.45) is 1.10. The number of nitrogens with two attached hydrogens (primary N) is 2.